The number of aromatic nitrogens is 1. The second kappa shape index (κ2) is 5.83. The van der Waals surface area contributed by atoms with Crippen LogP contribution in [-0.4, -0.2) is 10.7 Å². The molecule has 0 amide bonds. The number of nitrogens with zero attached hydrogens (tertiary/aromatic N) is 1. The van der Waals surface area contributed by atoms with Gasteiger partial charge in [-0.25, -0.2) is 4.98 Å². The number of benzene rings is 1. The highest BCUT2D eigenvalue weighted by molar-refractivity contribution is 7.99. The molecule has 0 saturated heterocycles. The van der Waals surface area contributed by atoms with E-state index in [1.807, 2.05) is 23.3 Å². The predicted octanol–water partition coefficient (Wildman–Crippen LogP) is 4.68. The standard InChI is InChI=1S/C14H15ClN2S2/c1-9(13-7-18-8-16-13)17-12-4-5-19-14-3-2-10(15)6-11(12)14/h2-3,6-9,12,17H,4-5H2,1H3. The van der Waals surface area contributed by atoms with Gasteiger partial charge in [0.2, 0.25) is 0 Å². The number of rotatable bonds is 3. The van der Waals surface area contributed by atoms with Gasteiger partial charge in [0.15, 0.2) is 0 Å². The van der Waals surface area contributed by atoms with Gasteiger partial charge in [-0.2, -0.15) is 0 Å². The summed E-state index contributed by atoms with van der Waals surface area (Å²) in [4.78, 5) is 5.73. The first kappa shape index (κ1) is 13.4. The minimum absolute atomic E-state index is 0.270. The fraction of sp³-hybridized carbons (Fsp3) is 0.357. The zero-order chi connectivity index (χ0) is 13.2. The maximum absolute atomic E-state index is 6.13. The van der Waals surface area contributed by atoms with Crippen LogP contribution in [0.3, 0.4) is 0 Å². The number of hydrogen-bond acceptors (Lipinski definition) is 4. The number of nitrogens with one attached hydrogen (secondary N) is 1. The Morgan fingerprint density at radius 3 is 3.16 bits per heavy atom. The first-order valence-electron chi connectivity index (χ1n) is 6.30. The smallest absolute Gasteiger partial charge is 0.0795 e. The second-order valence-corrected chi connectivity index (χ2v) is 6.97. The minimum atomic E-state index is 0.270. The Hall–Kier alpha value is -0.550. The average molecular weight is 311 g/mol. The summed E-state index contributed by atoms with van der Waals surface area (Å²) in [6.07, 6.45) is 1.13. The Bertz CT molecular complexity index is 557. The molecule has 0 aliphatic carbocycles. The van der Waals surface area contributed by atoms with Crippen molar-refractivity contribution in [2.75, 3.05) is 5.75 Å². The van der Waals surface area contributed by atoms with Crippen LogP contribution in [0.5, 0.6) is 0 Å². The summed E-state index contributed by atoms with van der Waals surface area (Å²) < 4.78 is 0. The maximum atomic E-state index is 6.13. The Morgan fingerprint density at radius 2 is 2.37 bits per heavy atom. The third-order valence-electron chi connectivity index (χ3n) is 3.36. The topological polar surface area (TPSA) is 24.9 Å². The van der Waals surface area contributed by atoms with Gasteiger partial charge in [-0.3, -0.25) is 0 Å². The molecule has 2 heterocycles. The zero-order valence-electron chi connectivity index (χ0n) is 10.6. The van der Waals surface area contributed by atoms with Crippen molar-refractivity contribution in [2.24, 2.45) is 0 Å². The molecule has 0 radical (unpaired) electrons. The lowest BCUT2D eigenvalue weighted by atomic mass is 10.0. The summed E-state index contributed by atoms with van der Waals surface area (Å²) in [5, 5.41) is 6.60. The van der Waals surface area contributed by atoms with Crippen molar-refractivity contribution in [3.63, 3.8) is 0 Å². The van der Waals surface area contributed by atoms with Gasteiger partial charge in [-0.05, 0) is 42.9 Å². The van der Waals surface area contributed by atoms with Gasteiger partial charge < -0.3 is 5.32 Å². The van der Waals surface area contributed by atoms with Crippen LogP contribution in [0.2, 0.25) is 5.02 Å². The highest BCUT2D eigenvalue weighted by atomic mass is 35.5. The number of fused-ring (bicyclic) bond motifs is 1. The van der Waals surface area contributed by atoms with Gasteiger partial charge in [0.25, 0.3) is 0 Å². The molecule has 100 valence electrons. The lowest BCUT2D eigenvalue weighted by Crippen LogP contribution is -2.27. The van der Waals surface area contributed by atoms with Gasteiger partial charge in [0.1, 0.15) is 0 Å². The monoisotopic (exact) mass is 310 g/mol. The Kier molecular flexibility index (Phi) is 4.12. The normalized spacial score (nSPS) is 20.0. The summed E-state index contributed by atoms with van der Waals surface area (Å²) in [6, 6.07) is 6.83. The highest BCUT2D eigenvalue weighted by Crippen LogP contribution is 2.38. The van der Waals surface area contributed by atoms with Crippen LogP contribution in [0.1, 0.15) is 36.7 Å². The van der Waals surface area contributed by atoms with E-state index in [1.165, 1.54) is 10.5 Å². The molecule has 5 heteroatoms. The Labute approximate surface area is 126 Å². The predicted molar refractivity (Wildman–Crippen MR) is 83.2 cm³/mol. The first-order chi connectivity index (χ1) is 9.24. The van der Waals surface area contributed by atoms with E-state index >= 15 is 0 Å². The molecule has 0 bridgehead atoms. The lowest BCUT2D eigenvalue weighted by molar-refractivity contribution is 0.445. The van der Waals surface area contributed by atoms with E-state index in [0.717, 1.165) is 22.9 Å². The fourth-order valence-electron chi connectivity index (χ4n) is 2.36. The van der Waals surface area contributed by atoms with Crippen LogP contribution in [-0.2, 0) is 0 Å². The van der Waals surface area contributed by atoms with E-state index in [2.05, 4.69) is 34.7 Å². The minimum Gasteiger partial charge on any atom is -0.302 e. The number of thiazole rings is 1. The van der Waals surface area contributed by atoms with Crippen molar-refractivity contribution in [3.8, 4) is 0 Å². The molecule has 3 rings (SSSR count). The number of hydrogen-bond donors (Lipinski definition) is 1. The van der Waals surface area contributed by atoms with Gasteiger partial charge in [-0.15, -0.1) is 23.1 Å². The zero-order valence-corrected chi connectivity index (χ0v) is 13.0. The van der Waals surface area contributed by atoms with Gasteiger partial charge >= 0.3 is 0 Å². The van der Waals surface area contributed by atoms with Crippen molar-refractivity contribution in [2.45, 2.75) is 30.3 Å². The van der Waals surface area contributed by atoms with Crippen LogP contribution in [0, 0.1) is 0 Å². The second-order valence-electron chi connectivity index (χ2n) is 4.67. The molecular weight excluding hydrogens is 296 g/mol. The molecule has 2 nitrogen and oxygen atoms in total. The highest BCUT2D eigenvalue weighted by Gasteiger charge is 2.23. The van der Waals surface area contributed by atoms with Gasteiger partial charge in [-0.1, -0.05) is 11.6 Å². The number of thioether (sulfide) groups is 1. The summed E-state index contributed by atoms with van der Waals surface area (Å²) in [6.45, 7) is 2.17. The van der Waals surface area contributed by atoms with E-state index in [9.17, 15) is 0 Å². The third-order valence-corrected chi connectivity index (χ3v) is 5.32. The van der Waals surface area contributed by atoms with E-state index in [1.54, 1.807) is 11.3 Å². The summed E-state index contributed by atoms with van der Waals surface area (Å²) >= 11 is 9.69. The van der Waals surface area contributed by atoms with Crippen LogP contribution >= 0.6 is 34.7 Å². The average Bonchev–Trinajstić information content (AvgIpc) is 2.93. The van der Waals surface area contributed by atoms with Crippen molar-refractivity contribution < 1.29 is 0 Å². The molecule has 1 aliphatic heterocycles. The van der Waals surface area contributed by atoms with E-state index < -0.39 is 0 Å². The van der Waals surface area contributed by atoms with E-state index in [0.29, 0.717) is 6.04 Å². The first-order valence-corrected chi connectivity index (χ1v) is 8.61. The maximum Gasteiger partial charge on any atom is 0.0795 e. The molecule has 19 heavy (non-hydrogen) atoms. The van der Waals surface area contributed by atoms with Crippen molar-refractivity contribution in [1.29, 1.82) is 0 Å². The van der Waals surface area contributed by atoms with Crippen LogP contribution in [0.4, 0.5) is 0 Å². The van der Waals surface area contributed by atoms with Crippen LogP contribution in [0.25, 0.3) is 0 Å². The molecule has 1 aromatic carbocycles. The molecule has 1 aliphatic rings. The molecule has 0 saturated carbocycles. The van der Waals surface area contributed by atoms with Crippen LogP contribution < -0.4 is 5.32 Å². The molecular formula is C14H15ClN2S2. The Balaban J connectivity index is 1.81. The molecule has 2 unspecified atom stereocenters. The largest absolute Gasteiger partial charge is 0.302 e. The SMILES string of the molecule is CC(NC1CCSc2ccc(Cl)cc21)c1cscn1. The molecule has 2 atom stereocenters. The summed E-state index contributed by atoms with van der Waals surface area (Å²) in [7, 11) is 0. The van der Waals surface area contributed by atoms with Crippen molar-refractivity contribution >= 4 is 34.7 Å². The summed E-state index contributed by atoms with van der Waals surface area (Å²) in [5.74, 6) is 1.15. The molecule has 0 spiro atoms. The van der Waals surface area contributed by atoms with E-state index in [4.69, 9.17) is 11.6 Å². The Morgan fingerprint density at radius 1 is 1.47 bits per heavy atom. The van der Waals surface area contributed by atoms with Gasteiger partial charge in [0.05, 0.1) is 11.2 Å². The summed E-state index contributed by atoms with van der Waals surface area (Å²) in [5.41, 5.74) is 4.33. The molecule has 1 aromatic heterocycles. The van der Waals surface area contributed by atoms with Crippen molar-refractivity contribution in [3.05, 3.63) is 45.4 Å². The molecule has 0 fully saturated rings. The van der Waals surface area contributed by atoms with Crippen LogP contribution in [0.15, 0.2) is 34.0 Å². The number of halogens is 1. The fourth-order valence-corrected chi connectivity index (χ4v) is 4.30. The third kappa shape index (κ3) is 2.97. The van der Waals surface area contributed by atoms with Crippen molar-refractivity contribution in [1.82, 2.24) is 10.3 Å². The van der Waals surface area contributed by atoms with Gasteiger partial charge in [0, 0.05) is 27.4 Å². The molecule has 1 N–H and O–H groups in total. The van der Waals surface area contributed by atoms with E-state index in [-0.39, 0.29) is 6.04 Å². The lowest BCUT2D eigenvalue weighted by Gasteiger charge is -2.28. The quantitative estimate of drug-likeness (QED) is 0.890. The molecule has 2 aromatic rings.